The predicted octanol–water partition coefficient (Wildman–Crippen LogP) is 6.83. The number of ether oxygens (including phenoxy) is 3. The van der Waals surface area contributed by atoms with Crippen molar-refractivity contribution in [3.05, 3.63) is 78.2 Å². The van der Waals surface area contributed by atoms with E-state index in [2.05, 4.69) is 10.2 Å². The topological polar surface area (TPSA) is 55.9 Å². The van der Waals surface area contributed by atoms with Crippen molar-refractivity contribution < 1.29 is 14.2 Å². The Balaban J connectivity index is 1.19. The molecule has 0 aliphatic carbocycles. The average Bonchev–Trinajstić information content (AvgIpc) is 3.58. The fourth-order valence-electron chi connectivity index (χ4n) is 4.06. The van der Waals surface area contributed by atoms with Gasteiger partial charge in [0, 0.05) is 29.2 Å². The van der Waals surface area contributed by atoms with Gasteiger partial charge in [-0.15, -0.1) is 11.3 Å². The molecule has 3 aromatic carbocycles. The largest absolute Gasteiger partial charge is 0.493 e. The Labute approximate surface area is 210 Å². The van der Waals surface area contributed by atoms with Gasteiger partial charge in [-0.3, -0.25) is 4.90 Å². The fourth-order valence-corrected chi connectivity index (χ4v) is 4.80. The molecular formula is C28H29N3O3S. The van der Waals surface area contributed by atoms with Gasteiger partial charge < -0.3 is 19.5 Å². The number of hydrogen-bond donors (Lipinski definition) is 1. The monoisotopic (exact) mass is 487 g/mol. The zero-order chi connectivity index (χ0) is 23.9. The van der Waals surface area contributed by atoms with Gasteiger partial charge in [0.1, 0.15) is 18.1 Å². The maximum atomic E-state index is 5.99. The lowest BCUT2D eigenvalue weighted by Gasteiger charge is -2.16. The van der Waals surface area contributed by atoms with E-state index < -0.39 is 0 Å². The Morgan fingerprint density at radius 1 is 0.914 bits per heavy atom. The number of nitrogens with zero attached hydrogens (tertiary/aromatic N) is 2. The van der Waals surface area contributed by atoms with Crippen molar-refractivity contribution in [2.75, 3.05) is 38.7 Å². The highest BCUT2D eigenvalue weighted by Crippen LogP contribution is 2.34. The number of anilines is 2. The van der Waals surface area contributed by atoms with Gasteiger partial charge in [0.25, 0.3) is 0 Å². The summed E-state index contributed by atoms with van der Waals surface area (Å²) in [6.45, 7) is 3.95. The molecule has 4 aromatic rings. The third-order valence-corrected chi connectivity index (χ3v) is 6.67. The minimum atomic E-state index is 0.661. The smallest absolute Gasteiger partial charge is 0.187 e. The lowest BCUT2D eigenvalue weighted by molar-refractivity contribution is 0.230. The predicted molar refractivity (Wildman–Crippen MR) is 142 cm³/mol. The molecule has 0 spiro atoms. The quantitative estimate of drug-likeness (QED) is 0.265. The van der Waals surface area contributed by atoms with Crippen molar-refractivity contribution in [2.45, 2.75) is 12.8 Å². The summed E-state index contributed by atoms with van der Waals surface area (Å²) in [6, 6.07) is 23.6. The molecule has 180 valence electrons. The SMILES string of the molecule is COc1cc(Nc2nc(-c3ccc(Oc4ccccc4)cc3)cs2)ccc1OCCN1CCCC1. The molecule has 5 rings (SSSR count). The van der Waals surface area contributed by atoms with Gasteiger partial charge in [0.15, 0.2) is 16.6 Å². The first-order valence-electron chi connectivity index (χ1n) is 11.9. The Kier molecular flexibility index (Phi) is 7.46. The van der Waals surface area contributed by atoms with Gasteiger partial charge in [0.05, 0.1) is 12.8 Å². The van der Waals surface area contributed by atoms with Crippen molar-refractivity contribution in [3.8, 4) is 34.3 Å². The number of likely N-dealkylation sites (tertiary alicyclic amines) is 1. The minimum Gasteiger partial charge on any atom is -0.493 e. The number of nitrogens with one attached hydrogen (secondary N) is 1. The first kappa shape index (κ1) is 23.2. The molecule has 1 saturated heterocycles. The van der Waals surface area contributed by atoms with Crippen LogP contribution in [0.15, 0.2) is 78.2 Å². The average molecular weight is 488 g/mol. The molecule has 0 bridgehead atoms. The van der Waals surface area contributed by atoms with Crippen LogP contribution in [-0.2, 0) is 0 Å². The van der Waals surface area contributed by atoms with Gasteiger partial charge in [-0.2, -0.15) is 0 Å². The van der Waals surface area contributed by atoms with E-state index in [0.717, 1.165) is 45.9 Å². The van der Waals surface area contributed by atoms with Crippen LogP contribution in [0.1, 0.15) is 12.8 Å². The van der Waals surface area contributed by atoms with E-state index in [1.54, 1.807) is 18.4 Å². The Morgan fingerprint density at radius 3 is 2.46 bits per heavy atom. The normalized spacial score (nSPS) is 13.5. The molecule has 1 fully saturated rings. The third kappa shape index (κ3) is 6.12. The molecule has 2 heterocycles. The van der Waals surface area contributed by atoms with Crippen LogP contribution in [0, 0.1) is 0 Å². The van der Waals surface area contributed by atoms with Gasteiger partial charge in [-0.1, -0.05) is 18.2 Å². The highest BCUT2D eigenvalue weighted by molar-refractivity contribution is 7.14. The number of methoxy groups -OCH3 is 1. The maximum absolute atomic E-state index is 5.99. The lowest BCUT2D eigenvalue weighted by atomic mass is 10.2. The van der Waals surface area contributed by atoms with Crippen LogP contribution in [0.4, 0.5) is 10.8 Å². The molecule has 35 heavy (non-hydrogen) atoms. The summed E-state index contributed by atoms with van der Waals surface area (Å²) in [4.78, 5) is 7.19. The first-order chi connectivity index (χ1) is 17.3. The van der Waals surface area contributed by atoms with Crippen LogP contribution in [0.2, 0.25) is 0 Å². The molecular weight excluding hydrogens is 458 g/mol. The number of benzene rings is 3. The highest BCUT2D eigenvalue weighted by atomic mass is 32.1. The lowest BCUT2D eigenvalue weighted by Crippen LogP contribution is -2.25. The second-order valence-electron chi connectivity index (χ2n) is 8.37. The Bertz CT molecular complexity index is 1220. The van der Waals surface area contributed by atoms with Gasteiger partial charge >= 0.3 is 0 Å². The van der Waals surface area contributed by atoms with Crippen LogP contribution in [-0.4, -0.2) is 43.2 Å². The van der Waals surface area contributed by atoms with Crippen molar-refractivity contribution in [1.29, 1.82) is 0 Å². The van der Waals surface area contributed by atoms with E-state index in [9.17, 15) is 0 Å². The second kappa shape index (κ2) is 11.3. The number of thiazole rings is 1. The number of rotatable bonds is 10. The summed E-state index contributed by atoms with van der Waals surface area (Å²) < 4.78 is 17.4. The molecule has 0 saturated carbocycles. The molecule has 0 amide bonds. The van der Waals surface area contributed by atoms with Crippen LogP contribution < -0.4 is 19.5 Å². The van der Waals surface area contributed by atoms with Crippen molar-refractivity contribution in [3.63, 3.8) is 0 Å². The minimum absolute atomic E-state index is 0.661. The number of para-hydroxylation sites is 1. The molecule has 1 N–H and O–H groups in total. The van der Waals surface area contributed by atoms with E-state index >= 15 is 0 Å². The molecule has 1 aromatic heterocycles. The first-order valence-corrected chi connectivity index (χ1v) is 12.7. The summed E-state index contributed by atoms with van der Waals surface area (Å²) in [7, 11) is 1.67. The molecule has 1 aliphatic rings. The van der Waals surface area contributed by atoms with E-state index in [-0.39, 0.29) is 0 Å². The molecule has 0 radical (unpaired) electrons. The zero-order valence-corrected chi connectivity index (χ0v) is 20.6. The third-order valence-electron chi connectivity index (χ3n) is 5.91. The van der Waals surface area contributed by atoms with Crippen LogP contribution >= 0.6 is 11.3 Å². The molecule has 0 atom stereocenters. The van der Waals surface area contributed by atoms with E-state index in [1.807, 2.05) is 78.2 Å². The van der Waals surface area contributed by atoms with Gasteiger partial charge in [0.2, 0.25) is 0 Å². The molecule has 1 aliphatic heterocycles. The Hall–Kier alpha value is -3.55. The van der Waals surface area contributed by atoms with Gasteiger partial charge in [-0.25, -0.2) is 4.98 Å². The number of aromatic nitrogens is 1. The summed E-state index contributed by atoms with van der Waals surface area (Å²) in [5, 5.41) is 6.24. The van der Waals surface area contributed by atoms with Crippen molar-refractivity contribution in [1.82, 2.24) is 9.88 Å². The molecule has 6 nitrogen and oxygen atoms in total. The van der Waals surface area contributed by atoms with Crippen molar-refractivity contribution >= 4 is 22.2 Å². The van der Waals surface area contributed by atoms with E-state index in [4.69, 9.17) is 19.2 Å². The van der Waals surface area contributed by atoms with Gasteiger partial charge in [-0.05, 0) is 74.5 Å². The summed E-state index contributed by atoms with van der Waals surface area (Å²) in [6.07, 6.45) is 2.58. The van der Waals surface area contributed by atoms with E-state index in [0.29, 0.717) is 12.4 Å². The van der Waals surface area contributed by atoms with Crippen molar-refractivity contribution in [2.24, 2.45) is 0 Å². The highest BCUT2D eigenvalue weighted by Gasteiger charge is 2.13. The summed E-state index contributed by atoms with van der Waals surface area (Å²) >= 11 is 1.56. The zero-order valence-electron chi connectivity index (χ0n) is 19.8. The second-order valence-corrected chi connectivity index (χ2v) is 9.22. The van der Waals surface area contributed by atoms with Crippen LogP contribution in [0.25, 0.3) is 11.3 Å². The molecule has 0 unspecified atom stereocenters. The number of hydrogen-bond acceptors (Lipinski definition) is 7. The standard InChI is InChI=1S/C28H29N3O3S/c1-32-27-19-22(11-14-26(27)33-18-17-31-15-5-6-16-31)29-28-30-25(20-35-28)21-9-12-24(13-10-21)34-23-7-3-2-4-8-23/h2-4,7-14,19-20H,5-6,15-18H2,1H3,(H,29,30). The molecule has 7 heteroatoms. The van der Waals surface area contributed by atoms with Crippen LogP contribution in [0.5, 0.6) is 23.0 Å². The summed E-state index contributed by atoms with van der Waals surface area (Å²) in [5.41, 5.74) is 2.85. The maximum Gasteiger partial charge on any atom is 0.187 e. The van der Waals surface area contributed by atoms with E-state index in [1.165, 1.54) is 25.9 Å². The van der Waals surface area contributed by atoms with Crippen LogP contribution in [0.3, 0.4) is 0 Å². The summed E-state index contributed by atoms with van der Waals surface area (Å²) in [5.74, 6) is 3.08. The Morgan fingerprint density at radius 2 is 1.69 bits per heavy atom. The fraction of sp³-hybridized carbons (Fsp3) is 0.250.